The highest BCUT2D eigenvalue weighted by Gasteiger charge is 2.35. The average Bonchev–Trinajstić information content (AvgIpc) is 3.78. The summed E-state index contributed by atoms with van der Waals surface area (Å²) in [6.07, 6.45) is 0. The molecule has 0 spiro atoms. The van der Waals surface area contributed by atoms with Crippen molar-refractivity contribution in [2.24, 2.45) is 0 Å². The molecule has 1 aliphatic rings. The van der Waals surface area contributed by atoms with E-state index in [0.717, 1.165) is 33.6 Å². The molecule has 10 aromatic rings. The molecular weight excluding hydrogens is 721 g/mol. The molecule has 2 aromatic heterocycles. The third-order valence-electron chi connectivity index (χ3n) is 11.9. The van der Waals surface area contributed by atoms with Crippen molar-refractivity contribution in [1.82, 2.24) is 9.97 Å². The minimum absolute atomic E-state index is 0.0495. The van der Waals surface area contributed by atoms with Gasteiger partial charge in [0.2, 0.25) is 0 Å². The Morgan fingerprint density at radius 3 is 1.74 bits per heavy atom. The highest BCUT2D eigenvalue weighted by Crippen LogP contribution is 2.49. The minimum atomic E-state index is -0.0495. The largest absolute Gasteiger partial charge is 0.228 e. The molecule has 0 unspecified atom stereocenters. The molecule has 0 bridgehead atoms. The number of hydrogen-bond donors (Lipinski definition) is 0. The van der Waals surface area contributed by atoms with Gasteiger partial charge >= 0.3 is 0 Å². The van der Waals surface area contributed by atoms with Crippen LogP contribution in [0.3, 0.4) is 0 Å². The predicted octanol–water partition coefficient (Wildman–Crippen LogP) is 15.2. The summed E-state index contributed by atoms with van der Waals surface area (Å²) in [6, 6.07) is 70.1. The maximum Gasteiger partial charge on any atom is 0.160 e. The van der Waals surface area contributed by atoms with Gasteiger partial charge in [0.05, 0.1) is 11.4 Å². The molecule has 0 saturated carbocycles. The van der Waals surface area contributed by atoms with Crippen LogP contribution in [0.4, 0.5) is 0 Å². The maximum atomic E-state index is 5.35. The molecule has 1 aliphatic carbocycles. The Balaban J connectivity index is 1.04. The molecule has 11 rings (SSSR count). The second kappa shape index (κ2) is 13.6. The molecular formula is C55H38N2S. The third-order valence-corrected chi connectivity index (χ3v) is 13.1. The molecule has 2 heterocycles. The molecule has 0 saturated heterocycles. The zero-order valence-corrected chi connectivity index (χ0v) is 33.1. The van der Waals surface area contributed by atoms with Crippen molar-refractivity contribution in [1.29, 1.82) is 0 Å². The number of fused-ring (bicyclic) bond motifs is 6. The molecule has 3 heteroatoms. The van der Waals surface area contributed by atoms with Gasteiger partial charge in [0.1, 0.15) is 0 Å². The Morgan fingerprint density at radius 1 is 0.362 bits per heavy atom. The van der Waals surface area contributed by atoms with Crippen LogP contribution in [0.25, 0.3) is 98.6 Å². The molecule has 2 nitrogen and oxygen atoms in total. The Hall–Kier alpha value is -6.94. The lowest BCUT2D eigenvalue weighted by molar-refractivity contribution is 0.660. The van der Waals surface area contributed by atoms with Gasteiger partial charge in [0.15, 0.2) is 5.82 Å². The summed E-state index contributed by atoms with van der Waals surface area (Å²) in [6.45, 7) is 4.67. The van der Waals surface area contributed by atoms with Crippen molar-refractivity contribution < 1.29 is 0 Å². The molecule has 58 heavy (non-hydrogen) atoms. The second-order valence-electron chi connectivity index (χ2n) is 15.8. The molecule has 0 atom stereocenters. The van der Waals surface area contributed by atoms with Gasteiger partial charge in [-0.15, -0.1) is 11.3 Å². The molecule has 0 radical (unpaired) electrons. The van der Waals surface area contributed by atoms with Crippen molar-refractivity contribution in [3.05, 3.63) is 205 Å². The van der Waals surface area contributed by atoms with Gasteiger partial charge in [-0.05, 0) is 92.0 Å². The Labute approximate surface area is 342 Å². The van der Waals surface area contributed by atoms with E-state index in [1.807, 2.05) is 17.4 Å². The molecule has 8 aromatic carbocycles. The quantitative estimate of drug-likeness (QED) is 0.169. The van der Waals surface area contributed by atoms with E-state index in [-0.39, 0.29) is 5.41 Å². The van der Waals surface area contributed by atoms with Gasteiger partial charge in [0, 0.05) is 42.3 Å². The topological polar surface area (TPSA) is 25.8 Å². The van der Waals surface area contributed by atoms with E-state index in [9.17, 15) is 0 Å². The zero-order chi connectivity index (χ0) is 38.8. The SMILES string of the molecule is CC1(C)c2ccccc2-c2ccc(-c3ccc(-c4nc(-c5ccccc5)cc(-c5cc(-c6ccccc6)cc(-c6cccc7c6sc6ccccc67)c5)n4)cc3)cc21. The van der Waals surface area contributed by atoms with Crippen LogP contribution in [0.15, 0.2) is 194 Å². The van der Waals surface area contributed by atoms with Crippen molar-refractivity contribution in [2.75, 3.05) is 0 Å². The Kier molecular flexibility index (Phi) is 8.06. The van der Waals surface area contributed by atoms with Gasteiger partial charge in [-0.1, -0.05) is 172 Å². The number of thiophene rings is 1. The standard InChI is InChI=1S/C55H38N2S/c1-55(2)48-22-11-9-18-44(48)45-29-28-39(33-49(45)55)36-24-26-38(27-25-36)54-56-50(37-16-7-4-8-17-37)34-51(57-54)42-31-40(35-14-5-3-6-15-35)30-41(32-42)43-20-13-21-47-46-19-10-12-23-52(46)58-53(43)47/h3-34H,1-2H3. The van der Waals surface area contributed by atoms with Crippen molar-refractivity contribution in [3.63, 3.8) is 0 Å². The first-order valence-electron chi connectivity index (χ1n) is 19.9. The van der Waals surface area contributed by atoms with Gasteiger partial charge in [-0.25, -0.2) is 9.97 Å². The summed E-state index contributed by atoms with van der Waals surface area (Å²) in [5.41, 5.74) is 17.3. The normalized spacial score (nSPS) is 12.8. The second-order valence-corrected chi connectivity index (χ2v) is 16.8. The first-order chi connectivity index (χ1) is 28.5. The first kappa shape index (κ1) is 34.3. The maximum absolute atomic E-state index is 5.35. The summed E-state index contributed by atoms with van der Waals surface area (Å²) in [4.78, 5) is 10.6. The van der Waals surface area contributed by atoms with E-state index in [4.69, 9.17) is 9.97 Å². The molecule has 0 aliphatic heterocycles. The molecule has 0 amide bonds. The third kappa shape index (κ3) is 5.78. The van der Waals surface area contributed by atoms with Crippen molar-refractivity contribution in [2.45, 2.75) is 19.3 Å². The van der Waals surface area contributed by atoms with E-state index in [1.165, 1.54) is 70.2 Å². The zero-order valence-electron chi connectivity index (χ0n) is 32.3. The predicted molar refractivity (Wildman–Crippen MR) is 245 cm³/mol. The lowest BCUT2D eigenvalue weighted by atomic mass is 9.81. The monoisotopic (exact) mass is 758 g/mol. The van der Waals surface area contributed by atoms with Crippen molar-refractivity contribution in [3.8, 4) is 78.4 Å². The van der Waals surface area contributed by atoms with Gasteiger partial charge in [-0.3, -0.25) is 0 Å². The average molecular weight is 759 g/mol. The molecule has 0 fully saturated rings. The number of aromatic nitrogens is 2. The smallest absolute Gasteiger partial charge is 0.160 e. The number of rotatable bonds is 6. The fourth-order valence-electron chi connectivity index (χ4n) is 8.88. The number of nitrogens with zero attached hydrogens (tertiary/aromatic N) is 2. The highest BCUT2D eigenvalue weighted by molar-refractivity contribution is 7.26. The first-order valence-corrected chi connectivity index (χ1v) is 20.7. The van der Waals surface area contributed by atoms with Crippen LogP contribution in [0, 0.1) is 0 Å². The van der Waals surface area contributed by atoms with E-state index in [1.54, 1.807) is 0 Å². The summed E-state index contributed by atoms with van der Waals surface area (Å²) in [7, 11) is 0. The fraction of sp³-hybridized carbons (Fsp3) is 0.0545. The van der Waals surface area contributed by atoms with Crippen LogP contribution in [-0.2, 0) is 5.41 Å². The van der Waals surface area contributed by atoms with Crippen LogP contribution in [0.2, 0.25) is 0 Å². The Bertz CT molecular complexity index is 3180. The van der Waals surface area contributed by atoms with Crippen LogP contribution >= 0.6 is 11.3 Å². The van der Waals surface area contributed by atoms with Crippen molar-refractivity contribution >= 4 is 31.5 Å². The Morgan fingerprint density at radius 2 is 0.931 bits per heavy atom. The molecule has 0 N–H and O–H groups in total. The van der Waals surface area contributed by atoms with Crippen LogP contribution in [-0.4, -0.2) is 9.97 Å². The highest BCUT2D eigenvalue weighted by atomic mass is 32.1. The number of benzene rings is 8. The van der Waals surface area contributed by atoms with E-state index in [2.05, 4.69) is 202 Å². The van der Waals surface area contributed by atoms with E-state index in [0.29, 0.717) is 5.82 Å². The minimum Gasteiger partial charge on any atom is -0.228 e. The summed E-state index contributed by atoms with van der Waals surface area (Å²) >= 11 is 1.86. The van der Waals surface area contributed by atoms with Gasteiger partial charge < -0.3 is 0 Å². The van der Waals surface area contributed by atoms with E-state index >= 15 is 0 Å². The van der Waals surface area contributed by atoms with Crippen LogP contribution < -0.4 is 0 Å². The fourth-order valence-corrected chi connectivity index (χ4v) is 10.1. The lowest BCUT2D eigenvalue weighted by Gasteiger charge is -2.22. The lowest BCUT2D eigenvalue weighted by Crippen LogP contribution is -2.14. The van der Waals surface area contributed by atoms with E-state index < -0.39 is 0 Å². The van der Waals surface area contributed by atoms with Gasteiger partial charge in [-0.2, -0.15) is 0 Å². The van der Waals surface area contributed by atoms with Gasteiger partial charge in [0.25, 0.3) is 0 Å². The number of hydrogen-bond acceptors (Lipinski definition) is 3. The summed E-state index contributed by atoms with van der Waals surface area (Å²) < 4.78 is 2.60. The van der Waals surface area contributed by atoms with Crippen LogP contribution in [0.5, 0.6) is 0 Å². The molecule has 274 valence electrons. The summed E-state index contributed by atoms with van der Waals surface area (Å²) in [5.74, 6) is 0.701. The van der Waals surface area contributed by atoms with Crippen LogP contribution in [0.1, 0.15) is 25.0 Å². The summed E-state index contributed by atoms with van der Waals surface area (Å²) in [5, 5.41) is 2.59.